The van der Waals surface area contributed by atoms with Crippen LogP contribution in [0.3, 0.4) is 0 Å². The number of phenols is 2. The van der Waals surface area contributed by atoms with Crippen LogP contribution in [0.2, 0.25) is 0 Å². The second kappa shape index (κ2) is 5.43. The summed E-state index contributed by atoms with van der Waals surface area (Å²) in [7, 11) is 0. The van der Waals surface area contributed by atoms with Crippen molar-refractivity contribution < 1.29 is 10.2 Å². The van der Waals surface area contributed by atoms with Crippen molar-refractivity contribution in [2.24, 2.45) is 0 Å². The van der Waals surface area contributed by atoms with Gasteiger partial charge in [-0.25, -0.2) is 0 Å². The first-order valence-electron chi connectivity index (χ1n) is 9.24. The van der Waals surface area contributed by atoms with Gasteiger partial charge in [0.25, 0.3) is 0 Å². The van der Waals surface area contributed by atoms with Crippen molar-refractivity contribution in [3.63, 3.8) is 0 Å². The van der Waals surface area contributed by atoms with Crippen LogP contribution in [-0.4, -0.2) is 10.2 Å². The molecule has 2 N–H and O–H groups in total. The highest BCUT2D eigenvalue weighted by molar-refractivity contribution is 7.99. The maximum Gasteiger partial charge on any atom is 0.115 e. The summed E-state index contributed by atoms with van der Waals surface area (Å²) in [6.45, 7) is 0. The molecular weight excluding hydrogens is 364 g/mol. The Balaban J connectivity index is 1.87. The Morgan fingerprint density at radius 3 is 1.50 bits per heavy atom. The lowest BCUT2D eigenvalue weighted by Gasteiger charge is -2.39. The van der Waals surface area contributed by atoms with Gasteiger partial charge in [0.1, 0.15) is 11.5 Å². The molecule has 2 nitrogen and oxygen atoms in total. The average Bonchev–Trinajstić information content (AvgIpc) is 2.98. The highest BCUT2D eigenvalue weighted by atomic mass is 32.2. The highest BCUT2D eigenvalue weighted by Gasteiger charge is 2.50. The Bertz CT molecular complexity index is 1180. The summed E-state index contributed by atoms with van der Waals surface area (Å²) < 4.78 is 0. The number of hydrogen-bond acceptors (Lipinski definition) is 3. The van der Waals surface area contributed by atoms with E-state index in [-0.39, 0.29) is 11.5 Å². The fourth-order valence-corrected chi connectivity index (χ4v) is 6.07. The first kappa shape index (κ1) is 15.8. The van der Waals surface area contributed by atoms with Gasteiger partial charge in [0.2, 0.25) is 0 Å². The molecule has 0 amide bonds. The molecule has 28 heavy (non-hydrogen) atoms. The maximum atomic E-state index is 10.4. The first-order chi connectivity index (χ1) is 13.7. The molecule has 0 saturated heterocycles. The third kappa shape index (κ3) is 1.84. The van der Waals surface area contributed by atoms with Crippen LogP contribution in [-0.2, 0) is 5.41 Å². The molecule has 1 spiro atoms. The Hall–Kier alpha value is -3.17. The van der Waals surface area contributed by atoms with E-state index >= 15 is 0 Å². The van der Waals surface area contributed by atoms with E-state index in [0.29, 0.717) is 0 Å². The molecule has 1 aliphatic carbocycles. The normalized spacial score (nSPS) is 14.9. The lowest BCUT2D eigenvalue weighted by molar-refractivity contribution is 0.473. The second-order valence-corrected chi connectivity index (χ2v) is 8.39. The lowest BCUT2D eigenvalue weighted by atomic mass is 9.67. The van der Waals surface area contributed by atoms with Gasteiger partial charge in [-0.3, -0.25) is 0 Å². The van der Waals surface area contributed by atoms with Gasteiger partial charge in [0, 0.05) is 9.79 Å². The van der Waals surface area contributed by atoms with Gasteiger partial charge >= 0.3 is 0 Å². The topological polar surface area (TPSA) is 40.5 Å². The van der Waals surface area contributed by atoms with Crippen molar-refractivity contribution in [2.45, 2.75) is 15.2 Å². The predicted molar refractivity (Wildman–Crippen MR) is 111 cm³/mol. The smallest absolute Gasteiger partial charge is 0.115 e. The summed E-state index contributed by atoms with van der Waals surface area (Å²) >= 11 is 1.78. The molecule has 4 aromatic rings. The van der Waals surface area contributed by atoms with Gasteiger partial charge in [0.05, 0.1) is 5.41 Å². The molecule has 0 bridgehead atoms. The van der Waals surface area contributed by atoms with Gasteiger partial charge in [-0.15, -0.1) is 0 Å². The molecule has 0 saturated carbocycles. The molecule has 0 fully saturated rings. The fraction of sp³-hybridized carbons (Fsp3) is 0.0400. The number of hydrogen-bond donors (Lipinski definition) is 2. The van der Waals surface area contributed by atoms with Crippen LogP contribution in [0.25, 0.3) is 11.1 Å². The third-order valence-electron chi connectivity index (χ3n) is 5.91. The molecule has 0 radical (unpaired) electrons. The minimum Gasteiger partial charge on any atom is -0.508 e. The van der Waals surface area contributed by atoms with Crippen molar-refractivity contribution in [3.05, 3.63) is 107 Å². The van der Waals surface area contributed by atoms with E-state index in [9.17, 15) is 10.2 Å². The summed E-state index contributed by atoms with van der Waals surface area (Å²) in [6, 6.07) is 28.1. The zero-order valence-electron chi connectivity index (χ0n) is 14.9. The molecule has 3 heteroatoms. The summed E-state index contributed by atoms with van der Waals surface area (Å²) in [5.74, 6) is 0.506. The van der Waals surface area contributed by atoms with Crippen LogP contribution >= 0.6 is 11.8 Å². The Morgan fingerprint density at radius 2 is 1.00 bits per heavy atom. The molecule has 4 aromatic carbocycles. The predicted octanol–water partition coefficient (Wildman–Crippen LogP) is 5.93. The number of benzene rings is 4. The molecular formula is C25H16O2S. The molecule has 0 atom stereocenters. The first-order valence-corrected chi connectivity index (χ1v) is 10.1. The van der Waals surface area contributed by atoms with Crippen LogP contribution < -0.4 is 0 Å². The van der Waals surface area contributed by atoms with E-state index in [1.54, 1.807) is 23.9 Å². The van der Waals surface area contributed by atoms with E-state index in [4.69, 9.17) is 0 Å². The van der Waals surface area contributed by atoms with Crippen LogP contribution in [0.5, 0.6) is 11.5 Å². The fourth-order valence-electron chi connectivity index (χ4n) is 4.87. The van der Waals surface area contributed by atoms with Gasteiger partial charge in [-0.05, 0) is 69.8 Å². The summed E-state index contributed by atoms with van der Waals surface area (Å²) in [6.07, 6.45) is 0. The van der Waals surface area contributed by atoms with Crippen LogP contribution in [0.15, 0.2) is 94.7 Å². The zero-order valence-corrected chi connectivity index (χ0v) is 15.7. The molecule has 6 rings (SSSR count). The zero-order chi connectivity index (χ0) is 18.9. The number of rotatable bonds is 0. The Labute approximate surface area is 167 Å². The minimum absolute atomic E-state index is 0.253. The molecule has 0 aromatic heterocycles. The average molecular weight is 380 g/mol. The second-order valence-electron chi connectivity index (χ2n) is 7.30. The van der Waals surface area contributed by atoms with Crippen molar-refractivity contribution in [3.8, 4) is 22.6 Å². The van der Waals surface area contributed by atoms with Crippen LogP contribution in [0.4, 0.5) is 0 Å². The third-order valence-corrected chi connectivity index (χ3v) is 7.06. The van der Waals surface area contributed by atoms with Crippen molar-refractivity contribution in [1.82, 2.24) is 0 Å². The lowest BCUT2D eigenvalue weighted by Crippen LogP contribution is -2.31. The highest BCUT2D eigenvalue weighted by Crippen LogP contribution is 2.62. The summed E-state index contributed by atoms with van der Waals surface area (Å²) in [5.41, 5.74) is 6.15. The number of fused-ring (bicyclic) bond motifs is 9. The van der Waals surface area contributed by atoms with Crippen molar-refractivity contribution >= 4 is 11.8 Å². The quantitative estimate of drug-likeness (QED) is 0.343. The SMILES string of the molecule is Oc1ccc2c(c1)C1(c3ccccc3Sc3ccccc31)c1cc(O)ccc1-2. The molecule has 134 valence electrons. The molecule has 0 unspecified atom stereocenters. The maximum absolute atomic E-state index is 10.4. The van der Waals surface area contributed by atoms with Crippen LogP contribution in [0, 0.1) is 0 Å². The number of aromatic hydroxyl groups is 2. The van der Waals surface area contributed by atoms with Crippen molar-refractivity contribution in [2.75, 3.05) is 0 Å². The molecule has 1 heterocycles. The van der Waals surface area contributed by atoms with E-state index in [0.717, 1.165) is 22.3 Å². The Morgan fingerprint density at radius 1 is 0.536 bits per heavy atom. The van der Waals surface area contributed by atoms with E-state index < -0.39 is 5.41 Å². The van der Waals surface area contributed by atoms with Crippen LogP contribution in [0.1, 0.15) is 22.3 Å². The summed E-state index contributed by atoms with van der Waals surface area (Å²) in [4.78, 5) is 2.40. The monoisotopic (exact) mass is 380 g/mol. The number of phenolic OH excluding ortho intramolecular Hbond substituents is 2. The minimum atomic E-state index is -0.555. The van der Waals surface area contributed by atoms with E-state index in [1.165, 1.54) is 20.9 Å². The standard InChI is InChI=1S/C25H16O2S/c26-15-9-11-17-18-12-10-16(27)14-22(18)25(21(17)13-15)19-5-1-3-7-23(19)28-24-8-4-2-6-20(24)25/h1-14,26-27H. The van der Waals surface area contributed by atoms with Crippen molar-refractivity contribution in [1.29, 1.82) is 0 Å². The van der Waals surface area contributed by atoms with E-state index in [2.05, 4.69) is 48.5 Å². The van der Waals surface area contributed by atoms with Gasteiger partial charge in [-0.2, -0.15) is 0 Å². The summed E-state index contributed by atoms with van der Waals surface area (Å²) in [5, 5.41) is 20.8. The molecule has 2 aliphatic rings. The Kier molecular flexibility index (Phi) is 3.07. The van der Waals surface area contributed by atoms with E-state index in [1.807, 2.05) is 24.3 Å². The molecule has 1 aliphatic heterocycles. The van der Waals surface area contributed by atoms with Gasteiger partial charge in [0.15, 0.2) is 0 Å². The van der Waals surface area contributed by atoms with Gasteiger partial charge in [-0.1, -0.05) is 60.3 Å². The largest absolute Gasteiger partial charge is 0.508 e. The van der Waals surface area contributed by atoms with Gasteiger partial charge < -0.3 is 10.2 Å².